The molecule has 0 fully saturated rings. The molecule has 3 heteroatoms. The highest BCUT2D eigenvalue weighted by atomic mass is 16.2. The lowest BCUT2D eigenvalue weighted by Crippen LogP contribution is -2.38. The number of fused-ring (bicyclic) bond motifs is 1. The van der Waals surface area contributed by atoms with Crippen LogP contribution in [0.5, 0.6) is 0 Å². The SMILES string of the molecule is CC(C=O)CN1C(=O)CCc2ccccc21. The van der Waals surface area contributed by atoms with Crippen LogP contribution in [0.2, 0.25) is 0 Å². The molecule has 1 aromatic rings. The maximum Gasteiger partial charge on any atom is 0.227 e. The zero-order valence-electron chi connectivity index (χ0n) is 9.35. The molecule has 0 bridgehead atoms. The van der Waals surface area contributed by atoms with Crippen LogP contribution in [0.3, 0.4) is 0 Å². The van der Waals surface area contributed by atoms with Crippen LogP contribution in [0, 0.1) is 5.92 Å². The molecule has 0 aromatic heterocycles. The maximum atomic E-state index is 11.8. The number of amides is 1. The number of benzene rings is 1. The van der Waals surface area contributed by atoms with Gasteiger partial charge in [0.2, 0.25) is 5.91 Å². The van der Waals surface area contributed by atoms with E-state index < -0.39 is 0 Å². The van der Waals surface area contributed by atoms with Gasteiger partial charge < -0.3 is 9.69 Å². The topological polar surface area (TPSA) is 37.4 Å². The number of anilines is 1. The molecule has 0 aliphatic carbocycles. The Kier molecular flexibility index (Phi) is 3.04. The summed E-state index contributed by atoms with van der Waals surface area (Å²) < 4.78 is 0. The van der Waals surface area contributed by atoms with Gasteiger partial charge in [0, 0.05) is 24.6 Å². The van der Waals surface area contributed by atoms with Gasteiger partial charge in [0.1, 0.15) is 6.29 Å². The van der Waals surface area contributed by atoms with Crippen molar-refractivity contribution in [1.29, 1.82) is 0 Å². The first-order valence-electron chi connectivity index (χ1n) is 5.56. The summed E-state index contributed by atoms with van der Waals surface area (Å²) in [5.74, 6) is 0.00232. The molecule has 1 aromatic carbocycles. The van der Waals surface area contributed by atoms with Crippen LogP contribution >= 0.6 is 0 Å². The minimum absolute atomic E-state index is 0.116. The van der Waals surface area contributed by atoms with Gasteiger partial charge in [-0.2, -0.15) is 0 Å². The van der Waals surface area contributed by atoms with Gasteiger partial charge in [0.15, 0.2) is 0 Å². The molecule has 0 spiro atoms. The summed E-state index contributed by atoms with van der Waals surface area (Å²) >= 11 is 0. The lowest BCUT2D eigenvalue weighted by Gasteiger charge is -2.30. The van der Waals surface area contributed by atoms with E-state index in [1.54, 1.807) is 4.90 Å². The fourth-order valence-corrected chi connectivity index (χ4v) is 2.03. The standard InChI is InChI=1S/C13H15NO2/c1-10(9-15)8-14-12-5-3-2-4-11(12)6-7-13(14)16/h2-5,9-10H,6-8H2,1H3. The molecule has 0 saturated carbocycles. The van der Waals surface area contributed by atoms with E-state index in [-0.39, 0.29) is 11.8 Å². The van der Waals surface area contributed by atoms with Crippen LogP contribution in [0.1, 0.15) is 18.9 Å². The third-order valence-corrected chi connectivity index (χ3v) is 2.89. The van der Waals surface area contributed by atoms with Crippen molar-refractivity contribution in [3.05, 3.63) is 29.8 Å². The van der Waals surface area contributed by atoms with Crippen LogP contribution in [0.15, 0.2) is 24.3 Å². The van der Waals surface area contributed by atoms with Gasteiger partial charge in [0.05, 0.1) is 0 Å². The number of carbonyl (C=O) groups is 2. The third-order valence-electron chi connectivity index (χ3n) is 2.89. The average molecular weight is 217 g/mol. The van der Waals surface area contributed by atoms with Gasteiger partial charge in [-0.05, 0) is 18.1 Å². The number of aryl methyl sites for hydroxylation is 1. The van der Waals surface area contributed by atoms with Crippen LogP contribution in [-0.2, 0) is 16.0 Å². The highest BCUT2D eigenvalue weighted by Crippen LogP contribution is 2.27. The average Bonchev–Trinajstić information content (AvgIpc) is 2.32. The summed E-state index contributed by atoms with van der Waals surface area (Å²) in [5.41, 5.74) is 2.16. The second kappa shape index (κ2) is 4.47. The molecule has 0 radical (unpaired) electrons. The second-order valence-corrected chi connectivity index (χ2v) is 4.25. The Labute approximate surface area is 95.1 Å². The Bertz CT molecular complexity index is 414. The minimum atomic E-state index is -0.116. The second-order valence-electron chi connectivity index (χ2n) is 4.25. The first-order chi connectivity index (χ1) is 7.72. The molecule has 1 amide bonds. The molecule has 1 heterocycles. The van der Waals surface area contributed by atoms with Crippen LogP contribution in [0.25, 0.3) is 0 Å². The summed E-state index contributed by atoms with van der Waals surface area (Å²) in [7, 11) is 0. The number of para-hydroxylation sites is 1. The predicted molar refractivity (Wildman–Crippen MR) is 62.3 cm³/mol. The Morgan fingerprint density at radius 3 is 2.88 bits per heavy atom. The summed E-state index contributed by atoms with van der Waals surface area (Å²) in [6.07, 6.45) is 2.24. The fourth-order valence-electron chi connectivity index (χ4n) is 2.03. The molecule has 0 saturated heterocycles. The van der Waals surface area contributed by atoms with E-state index in [1.165, 1.54) is 5.56 Å². The first-order valence-corrected chi connectivity index (χ1v) is 5.56. The highest BCUT2D eigenvalue weighted by Gasteiger charge is 2.24. The summed E-state index contributed by atoms with van der Waals surface area (Å²) in [4.78, 5) is 24.2. The molecular formula is C13H15NO2. The Morgan fingerprint density at radius 2 is 2.12 bits per heavy atom. The third kappa shape index (κ3) is 1.98. The van der Waals surface area contributed by atoms with E-state index in [0.29, 0.717) is 13.0 Å². The van der Waals surface area contributed by atoms with E-state index in [1.807, 2.05) is 31.2 Å². The lowest BCUT2D eigenvalue weighted by atomic mass is 10.00. The van der Waals surface area contributed by atoms with Gasteiger partial charge in [-0.25, -0.2) is 0 Å². The molecule has 2 rings (SSSR count). The Morgan fingerprint density at radius 1 is 1.38 bits per heavy atom. The van der Waals surface area contributed by atoms with Gasteiger partial charge >= 0.3 is 0 Å². The predicted octanol–water partition coefficient (Wildman–Crippen LogP) is 1.80. The van der Waals surface area contributed by atoms with E-state index in [4.69, 9.17) is 0 Å². The molecule has 16 heavy (non-hydrogen) atoms. The number of carbonyl (C=O) groups excluding carboxylic acids is 2. The molecule has 84 valence electrons. The summed E-state index contributed by atoms with van der Waals surface area (Å²) in [5, 5.41) is 0. The zero-order valence-corrected chi connectivity index (χ0v) is 9.35. The minimum Gasteiger partial charge on any atom is -0.311 e. The Balaban J connectivity index is 2.29. The number of nitrogens with zero attached hydrogens (tertiary/aromatic N) is 1. The van der Waals surface area contributed by atoms with Crippen molar-refractivity contribution in [1.82, 2.24) is 0 Å². The van der Waals surface area contributed by atoms with Gasteiger partial charge in [-0.15, -0.1) is 0 Å². The van der Waals surface area contributed by atoms with Crippen molar-refractivity contribution in [3.8, 4) is 0 Å². The van der Waals surface area contributed by atoms with Crippen molar-refractivity contribution in [2.45, 2.75) is 19.8 Å². The van der Waals surface area contributed by atoms with Crippen LogP contribution in [0.4, 0.5) is 5.69 Å². The highest BCUT2D eigenvalue weighted by molar-refractivity contribution is 5.96. The van der Waals surface area contributed by atoms with Gasteiger partial charge in [0.25, 0.3) is 0 Å². The van der Waals surface area contributed by atoms with Crippen molar-refractivity contribution in [2.24, 2.45) is 5.92 Å². The molecule has 1 aliphatic heterocycles. The van der Waals surface area contributed by atoms with E-state index in [9.17, 15) is 9.59 Å². The van der Waals surface area contributed by atoms with Crippen molar-refractivity contribution >= 4 is 17.9 Å². The molecular weight excluding hydrogens is 202 g/mol. The number of aldehydes is 1. The van der Waals surface area contributed by atoms with Gasteiger partial charge in [-0.3, -0.25) is 4.79 Å². The number of hydrogen-bond acceptors (Lipinski definition) is 2. The van der Waals surface area contributed by atoms with Crippen molar-refractivity contribution in [2.75, 3.05) is 11.4 Å². The van der Waals surface area contributed by atoms with Crippen LogP contribution < -0.4 is 4.90 Å². The van der Waals surface area contributed by atoms with E-state index >= 15 is 0 Å². The molecule has 3 nitrogen and oxygen atoms in total. The lowest BCUT2D eigenvalue weighted by molar-refractivity contribution is -0.119. The van der Waals surface area contributed by atoms with E-state index in [0.717, 1.165) is 18.4 Å². The summed E-state index contributed by atoms with van der Waals surface area (Å²) in [6, 6.07) is 7.90. The zero-order chi connectivity index (χ0) is 11.5. The smallest absolute Gasteiger partial charge is 0.227 e. The first kappa shape index (κ1) is 10.9. The number of rotatable bonds is 3. The monoisotopic (exact) mass is 217 g/mol. The molecule has 0 N–H and O–H groups in total. The van der Waals surface area contributed by atoms with Gasteiger partial charge in [-0.1, -0.05) is 25.1 Å². The largest absolute Gasteiger partial charge is 0.311 e. The quantitative estimate of drug-likeness (QED) is 0.724. The van der Waals surface area contributed by atoms with Crippen molar-refractivity contribution in [3.63, 3.8) is 0 Å². The fraction of sp³-hybridized carbons (Fsp3) is 0.385. The van der Waals surface area contributed by atoms with Crippen LogP contribution in [-0.4, -0.2) is 18.7 Å². The molecule has 1 unspecified atom stereocenters. The maximum absolute atomic E-state index is 11.8. The normalized spacial score (nSPS) is 16.8. The van der Waals surface area contributed by atoms with E-state index in [2.05, 4.69) is 0 Å². The number of hydrogen-bond donors (Lipinski definition) is 0. The summed E-state index contributed by atoms with van der Waals surface area (Å²) in [6.45, 7) is 2.32. The Hall–Kier alpha value is -1.64. The molecule has 1 atom stereocenters. The molecule has 1 aliphatic rings. The van der Waals surface area contributed by atoms with Crippen molar-refractivity contribution < 1.29 is 9.59 Å².